The van der Waals surface area contributed by atoms with Crippen LogP contribution in [0.15, 0.2) is 29.2 Å². The van der Waals surface area contributed by atoms with E-state index in [9.17, 15) is 4.21 Å². The predicted molar refractivity (Wildman–Crippen MR) is 47.8 cm³/mol. The lowest BCUT2D eigenvalue weighted by atomic mass is 10.3. The molecule has 0 amide bonds. The minimum Gasteiger partial charge on any atom is -0.508 e. The van der Waals surface area contributed by atoms with Gasteiger partial charge in [0.15, 0.2) is 0 Å². The van der Waals surface area contributed by atoms with Crippen LogP contribution in [0.3, 0.4) is 0 Å². The van der Waals surface area contributed by atoms with Crippen LogP contribution in [0.2, 0.25) is 0 Å². The van der Waals surface area contributed by atoms with Gasteiger partial charge in [0, 0.05) is 10.6 Å². The zero-order valence-electron chi connectivity index (χ0n) is 6.78. The highest BCUT2D eigenvalue weighted by Crippen LogP contribution is 2.15. The van der Waals surface area contributed by atoms with Crippen molar-refractivity contribution in [2.24, 2.45) is 0 Å². The molecule has 0 aromatic heterocycles. The summed E-state index contributed by atoms with van der Waals surface area (Å²) >= 11 is 0. The summed E-state index contributed by atoms with van der Waals surface area (Å²) in [5.41, 5.74) is 0. The first-order chi connectivity index (χ1) is 5.56. The Kier molecular flexibility index (Phi) is 2.38. The molecule has 0 aliphatic rings. The van der Waals surface area contributed by atoms with Gasteiger partial charge in [-0.15, -0.1) is 0 Å². The lowest BCUT2D eigenvalue weighted by molar-refractivity contribution is 0.475. The Hall–Kier alpha value is -1.03. The van der Waals surface area contributed by atoms with E-state index in [-0.39, 0.29) is 5.75 Å². The lowest BCUT2D eigenvalue weighted by Crippen LogP contribution is -2.00. The summed E-state index contributed by atoms with van der Waals surface area (Å²) in [4.78, 5) is 0.475. The van der Waals surface area contributed by atoms with Crippen LogP contribution in [0.25, 0.3) is 0 Å². The monoisotopic (exact) mass is 185 g/mol. The highest BCUT2D eigenvalue weighted by molar-refractivity contribution is 7.92. The van der Waals surface area contributed by atoms with Gasteiger partial charge in [0.2, 0.25) is 0 Å². The van der Waals surface area contributed by atoms with E-state index in [2.05, 4.69) is 0 Å². The molecule has 1 rings (SSSR count). The molecule has 12 heavy (non-hydrogen) atoms. The van der Waals surface area contributed by atoms with Gasteiger partial charge in [0.05, 0.1) is 9.73 Å². The van der Waals surface area contributed by atoms with Crippen molar-refractivity contribution in [3.63, 3.8) is 0 Å². The second-order valence-corrected chi connectivity index (χ2v) is 4.86. The average molecular weight is 185 g/mol. The maximum Gasteiger partial charge on any atom is 0.115 e. The molecule has 66 valence electrons. The number of hydrogen-bond acceptors (Lipinski definition) is 3. The average Bonchev–Trinajstić information content (AvgIpc) is 2.05. The third-order valence-electron chi connectivity index (χ3n) is 1.62. The standard InChI is InChI=1S/C8H11NO2S/c1-2-12(9,11)8-5-3-7(10)4-6-8/h3-6,9-10H,2H2,1H3. The fourth-order valence-electron chi connectivity index (χ4n) is 0.833. The smallest absolute Gasteiger partial charge is 0.115 e. The van der Waals surface area contributed by atoms with Crippen molar-refractivity contribution >= 4 is 9.73 Å². The normalized spacial score (nSPS) is 15.4. The van der Waals surface area contributed by atoms with Gasteiger partial charge >= 0.3 is 0 Å². The SMILES string of the molecule is CCS(=N)(=O)c1ccc(O)cc1. The van der Waals surface area contributed by atoms with Gasteiger partial charge in [0.25, 0.3) is 0 Å². The van der Waals surface area contributed by atoms with E-state index in [1.165, 1.54) is 24.3 Å². The molecule has 4 heteroatoms. The van der Waals surface area contributed by atoms with Crippen molar-refractivity contribution in [2.75, 3.05) is 5.75 Å². The fourth-order valence-corrected chi connectivity index (χ4v) is 1.74. The summed E-state index contributed by atoms with van der Waals surface area (Å²) in [6.07, 6.45) is 0. The summed E-state index contributed by atoms with van der Waals surface area (Å²) < 4.78 is 18.9. The summed E-state index contributed by atoms with van der Waals surface area (Å²) in [6.45, 7) is 1.71. The number of hydrogen-bond donors (Lipinski definition) is 2. The summed E-state index contributed by atoms with van der Waals surface area (Å²) in [7, 11) is -2.63. The topological polar surface area (TPSA) is 61.2 Å². The zero-order valence-corrected chi connectivity index (χ0v) is 7.60. The maximum atomic E-state index is 11.5. The first-order valence-electron chi connectivity index (χ1n) is 3.62. The van der Waals surface area contributed by atoms with Gasteiger partial charge in [-0.1, -0.05) is 6.92 Å². The highest BCUT2D eigenvalue weighted by atomic mass is 32.2. The lowest BCUT2D eigenvalue weighted by Gasteiger charge is -2.03. The van der Waals surface area contributed by atoms with Crippen molar-refractivity contribution in [3.8, 4) is 5.75 Å². The van der Waals surface area contributed by atoms with E-state index < -0.39 is 9.73 Å². The minimum absolute atomic E-state index is 0.130. The van der Waals surface area contributed by atoms with Gasteiger partial charge in [-0.3, -0.25) is 0 Å². The van der Waals surface area contributed by atoms with Crippen molar-refractivity contribution in [2.45, 2.75) is 11.8 Å². The van der Waals surface area contributed by atoms with Crippen LogP contribution in [-0.2, 0) is 9.73 Å². The first-order valence-corrected chi connectivity index (χ1v) is 5.34. The molecule has 0 radical (unpaired) electrons. The molecule has 1 atom stereocenters. The molecule has 1 unspecified atom stereocenters. The molecule has 1 aromatic carbocycles. The van der Waals surface area contributed by atoms with Crippen LogP contribution >= 0.6 is 0 Å². The van der Waals surface area contributed by atoms with Crippen LogP contribution < -0.4 is 0 Å². The minimum atomic E-state index is -2.63. The van der Waals surface area contributed by atoms with Crippen molar-refractivity contribution in [1.29, 1.82) is 4.78 Å². The molecule has 0 saturated carbocycles. The zero-order chi connectivity index (χ0) is 9.19. The number of phenols is 1. The quantitative estimate of drug-likeness (QED) is 0.738. The Morgan fingerprint density at radius 3 is 2.33 bits per heavy atom. The first kappa shape index (κ1) is 9.06. The van der Waals surface area contributed by atoms with Crippen LogP contribution in [0, 0.1) is 4.78 Å². The molecule has 2 N–H and O–H groups in total. The Morgan fingerprint density at radius 1 is 1.42 bits per heavy atom. The van der Waals surface area contributed by atoms with Crippen LogP contribution in [0.4, 0.5) is 0 Å². The van der Waals surface area contributed by atoms with E-state index in [4.69, 9.17) is 9.89 Å². The van der Waals surface area contributed by atoms with E-state index in [1.807, 2.05) is 0 Å². The van der Waals surface area contributed by atoms with Crippen LogP contribution in [-0.4, -0.2) is 15.1 Å². The molecule has 0 spiro atoms. The van der Waals surface area contributed by atoms with Crippen molar-refractivity contribution in [1.82, 2.24) is 0 Å². The highest BCUT2D eigenvalue weighted by Gasteiger charge is 2.05. The van der Waals surface area contributed by atoms with Gasteiger partial charge in [-0.25, -0.2) is 8.99 Å². The molecular formula is C8H11NO2S. The van der Waals surface area contributed by atoms with Gasteiger partial charge in [0.1, 0.15) is 5.75 Å². The van der Waals surface area contributed by atoms with Crippen molar-refractivity contribution < 1.29 is 9.32 Å². The Morgan fingerprint density at radius 2 is 1.92 bits per heavy atom. The predicted octanol–water partition coefficient (Wildman–Crippen LogP) is 1.82. The number of rotatable bonds is 2. The van der Waals surface area contributed by atoms with Gasteiger partial charge < -0.3 is 5.11 Å². The molecular weight excluding hydrogens is 174 g/mol. The number of phenolic OH excluding ortho intramolecular Hbond substituents is 1. The van der Waals surface area contributed by atoms with E-state index >= 15 is 0 Å². The maximum absolute atomic E-state index is 11.5. The third-order valence-corrected chi connectivity index (χ3v) is 3.47. The molecule has 1 aromatic rings. The summed E-state index contributed by atoms with van der Waals surface area (Å²) in [5.74, 6) is 0.433. The Balaban J connectivity index is 3.14. The van der Waals surface area contributed by atoms with Crippen LogP contribution in [0.1, 0.15) is 6.92 Å². The number of aromatic hydroxyl groups is 1. The molecule has 0 bridgehead atoms. The molecule has 3 nitrogen and oxygen atoms in total. The number of benzene rings is 1. The molecule has 0 fully saturated rings. The molecule has 0 aliphatic heterocycles. The molecule has 0 heterocycles. The van der Waals surface area contributed by atoms with Crippen LogP contribution in [0.5, 0.6) is 5.75 Å². The Labute approximate surface area is 72.0 Å². The van der Waals surface area contributed by atoms with Gasteiger partial charge in [-0.2, -0.15) is 0 Å². The van der Waals surface area contributed by atoms with Gasteiger partial charge in [-0.05, 0) is 24.3 Å². The molecule has 0 saturated heterocycles. The van der Waals surface area contributed by atoms with E-state index in [0.29, 0.717) is 10.6 Å². The Bertz CT molecular complexity index is 353. The molecule has 0 aliphatic carbocycles. The van der Waals surface area contributed by atoms with E-state index in [1.54, 1.807) is 6.92 Å². The summed E-state index contributed by atoms with van der Waals surface area (Å²) in [6, 6.07) is 5.93. The summed E-state index contributed by atoms with van der Waals surface area (Å²) in [5, 5.41) is 8.94. The third kappa shape index (κ3) is 1.76. The second kappa shape index (κ2) is 3.15. The largest absolute Gasteiger partial charge is 0.508 e. The van der Waals surface area contributed by atoms with E-state index in [0.717, 1.165) is 0 Å². The second-order valence-electron chi connectivity index (χ2n) is 2.46. The number of nitrogens with one attached hydrogen (secondary N) is 1. The van der Waals surface area contributed by atoms with Crippen molar-refractivity contribution in [3.05, 3.63) is 24.3 Å². The fraction of sp³-hybridized carbons (Fsp3) is 0.250.